The summed E-state index contributed by atoms with van der Waals surface area (Å²) in [5.41, 5.74) is 1.14. The lowest BCUT2D eigenvalue weighted by molar-refractivity contribution is -0.116. The van der Waals surface area contributed by atoms with Crippen LogP contribution < -0.4 is 16.0 Å². The van der Waals surface area contributed by atoms with Crippen LogP contribution >= 0.6 is 0 Å². The van der Waals surface area contributed by atoms with E-state index in [0.717, 1.165) is 6.54 Å². The summed E-state index contributed by atoms with van der Waals surface area (Å²) in [5, 5.41) is 17.2. The Kier molecular flexibility index (Phi) is 7.42. The molecule has 1 aromatic rings. The van der Waals surface area contributed by atoms with Gasteiger partial charge in [0.1, 0.15) is 0 Å². The van der Waals surface area contributed by atoms with Crippen LogP contribution in [0.15, 0.2) is 24.3 Å². The lowest BCUT2D eigenvalue weighted by atomic mass is 10.2. The highest BCUT2D eigenvalue weighted by molar-refractivity contribution is 5.95. The Bertz CT molecular complexity index is 460. The summed E-state index contributed by atoms with van der Waals surface area (Å²) in [6, 6.07) is 6.76. The van der Waals surface area contributed by atoms with E-state index in [2.05, 4.69) is 16.0 Å². The van der Waals surface area contributed by atoms with E-state index >= 15 is 0 Å². The van der Waals surface area contributed by atoms with E-state index in [1.807, 2.05) is 13.8 Å². The number of aliphatic hydroxyl groups is 1. The maximum Gasteiger partial charge on any atom is 0.251 e. The number of nitrogens with one attached hydrogen (secondary N) is 3. The van der Waals surface area contributed by atoms with E-state index in [-0.39, 0.29) is 31.0 Å². The van der Waals surface area contributed by atoms with Gasteiger partial charge >= 0.3 is 0 Å². The van der Waals surface area contributed by atoms with Crippen molar-refractivity contribution in [3.05, 3.63) is 29.8 Å². The molecule has 0 radical (unpaired) electrons. The highest BCUT2D eigenvalue weighted by atomic mass is 16.3. The first-order valence-electron chi connectivity index (χ1n) is 7.09. The van der Waals surface area contributed by atoms with Crippen molar-refractivity contribution in [3.8, 4) is 0 Å². The number of hydrogen-bond donors (Lipinski definition) is 4. The van der Waals surface area contributed by atoms with Gasteiger partial charge in [-0.2, -0.15) is 0 Å². The quantitative estimate of drug-likeness (QED) is 0.569. The largest absolute Gasteiger partial charge is 0.395 e. The predicted molar refractivity (Wildman–Crippen MR) is 82.2 cm³/mol. The van der Waals surface area contributed by atoms with Crippen LogP contribution in [0.2, 0.25) is 0 Å². The second-order valence-electron chi connectivity index (χ2n) is 4.77. The third-order valence-electron chi connectivity index (χ3n) is 2.87. The lowest BCUT2D eigenvalue weighted by Crippen LogP contribution is -2.30. The maximum atomic E-state index is 11.8. The van der Waals surface area contributed by atoms with Crippen LogP contribution in [0, 0.1) is 0 Å². The Balaban J connectivity index is 2.50. The highest BCUT2D eigenvalue weighted by Gasteiger charge is 2.09. The first-order chi connectivity index (χ1) is 10.1. The van der Waals surface area contributed by atoms with Gasteiger partial charge in [-0.15, -0.1) is 0 Å². The monoisotopic (exact) mass is 293 g/mol. The smallest absolute Gasteiger partial charge is 0.251 e. The Labute approximate surface area is 124 Å². The molecule has 116 valence electrons. The molecule has 0 aliphatic heterocycles. The summed E-state index contributed by atoms with van der Waals surface area (Å²) >= 11 is 0. The number of benzene rings is 1. The Morgan fingerprint density at radius 1 is 1.24 bits per heavy atom. The molecule has 0 saturated carbocycles. The molecule has 6 nitrogen and oxygen atoms in total. The molecule has 0 aliphatic carbocycles. The van der Waals surface area contributed by atoms with E-state index in [4.69, 9.17) is 5.11 Å². The minimum absolute atomic E-state index is 0.0686. The van der Waals surface area contributed by atoms with E-state index in [9.17, 15) is 9.59 Å². The zero-order valence-corrected chi connectivity index (χ0v) is 12.5. The fraction of sp³-hybridized carbons (Fsp3) is 0.467. The minimum Gasteiger partial charge on any atom is -0.395 e. The average molecular weight is 293 g/mol. The van der Waals surface area contributed by atoms with Gasteiger partial charge < -0.3 is 21.1 Å². The van der Waals surface area contributed by atoms with Crippen molar-refractivity contribution in [2.45, 2.75) is 26.3 Å². The van der Waals surface area contributed by atoms with Gasteiger partial charge in [0.2, 0.25) is 5.91 Å². The summed E-state index contributed by atoms with van der Waals surface area (Å²) in [7, 11) is 0. The van der Waals surface area contributed by atoms with Gasteiger partial charge in [0.05, 0.1) is 6.61 Å². The van der Waals surface area contributed by atoms with Crippen molar-refractivity contribution in [3.63, 3.8) is 0 Å². The Morgan fingerprint density at radius 2 is 1.90 bits per heavy atom. The third-order valence-corrected chi connectivity index (χ3v) is 2.87. The Morgan fingerprint density at radius 3 is 2.48 bits per heavy atom. The first kappa shape index (κ1) is 17.1. The molecule has 1 unspecified atom stereocenters. The first-order valence-corrected chi connectivity index (χ1v) is 7.09. The summed E-state index contributed by atoms with van der Waals surface area (Å²) in [5.74, 6) is -0.316. The maximum absolute atomic E-state index is 11.8. The summed E-state index contributed by atoms with van der Waals surface area (Å²) in [6.45, 7) is 4.90. The number of rotatable bonds is 8. The number of aliphatic hydroxyl groups excluding tert-OH is 1. The van der Waals surface area contributed by atoms with E-state index in [1.165, 1.54) is 0 Å². The van der Waals surface area contributed by atoms with Crippen molar-refractivity contribution in [1.82, 2.24) is 10.6 Å². The van der Waals surface area contributed by atoms with Crippen molar-refractivity contribution in [2.75, 3.05) is 25.0 Å². The number of hydrogen-bond acceptors (Lipinski definition) is 4. The second kappa shape index (κ2) is 9.10. The number of carbonyl (C=O) groups is 2. The number of anilines is 1. The van der Waals surface area contributed by atoms with E-state index in [1.54, 1.807) is 24.3 Å². The second-order valence-corrected chi connectivity index (χ2v) is 4.77. The van der Waals surface area contributed by atoms with Crippen LogP contribution in [0.5, 0.6) is 0 Å². The standard InChI is InChI=1S/C15H23N3O3/c1-3-16-11(2)10-14(20)18-13-6-4-12(5-7-13)15(21)17-8-9-19/h4-7,11,16,19H,3,8-10H2,1-2H3,(H,17,21)(H,18,20). The van der Waals surface area contributed by atoms with Gasteiger partial charge in [0, 0.05) is 30.3 Å². The molecule has 0 bridgehead atoms. The van der Waals surface area contributed by atoms with Crippen molar-refractivity contribution >= 4 is 17.5 Å². The van der Waals surface area contributed by atoms with Crippen LogP contribution in [0.3, 0.4) is 0 Å². The normalized spacial score (nSPS) is 11.8. The fourth-order valence-electron chi connectivity index (χ4n) is 1.89. The number of amides is 2. The molecule has 0 fully saturated rings. The molecule has 0 heterocycles. The summed E-state index contributed by atoms with van der Waals surface area (Å²) in [6.07, 6.45) is 0.395. The fourth-order valence-corrected chi connectivity index (χ4v) is 1.89. The van der Waals surface area contributed by atoms with Crippen molar-refractivity contribution in [2.24, 2.45) is 0 Å². The molecule has 1 aromatic carbocycles. The van der Waals surface area contributed by atoms with Gasteiger partial charge in [-0.3, -0.25) is 9.59 Å². The zero-order valence-electron chi connectivity index (χ0n) is 12.5. The van der Waals surface area contributed by atoms with Crippen LogP contribution in [0.4, 0.5) is 5.69 Å². The van der Waals surface area contributed by atoms with E-state index in [0.29, 0.717) is 17.7 Å². The molecule has 2 amide bonds. The van der Waals surface area contributed by atoms with E-state index < -0.39 is 0 Å². The number of carbonyl (C=O) groups excluding carboxylic acids is 2. The van der Waals surface area contributed by atoms with Gasteiger partial charge in [0.25, 0.3) is 5.91 Å². The van der Waals surface area contributed by atoms with Crippen LogP contribution in [-0.2, 0) is 4.79 Å². The van der Waals surface area contributed by atoms with Crippen LogP contribution in [-0.4, -0.2) is 42.7 Å². The SMILES string of the molecule is CCNC(C)CC(=O)Nc1ccc(C(=O)NCCO)cc1. The predicted octanol–water partition coefficient (Wildman–Crippen LogP) is 0.735. The Hall–Kier alpha value is -1.92. The molecule has 0 aromatic heterocycles. The van der Waals surface area contributed by atoms with Gasteiger partial charge in [-0.05, 0) is 37.7 Å². The summed E-state index contributed by atoms with van der Waals surface area (Å²) < 4.78 is 0. The molecule has 1 atom stereocenters. The van der Waals surface area contributed by atoms with Gasteiger partial charge in [-0.1, -0.05) is 6.92 Å². The molecule has 0 aliphatic rings. The highest BCUT2D eigenvalue weighted by Crippen LogP contribution is 2.10. The molecule has 0 spiro atoms. The van der Waals surface area contributed by atoms with Crippen molar-refractivity contribution in [1.29, 1.82) is 0 Å². The van der Waals surface area contributed by atoms with Gasteiger partial charge in [0.15, 0.2) is 0 Å². The van der Waals surface area contributed by atoms with Gasteiger partial charge in [-0.25, -0.2) is 0 Å². The van der Waals surface area contributed by atoms with Crippen molar-refractivity contribution < 1.29 is 14.7 Å². The zero-order chi connectivity index (χ0) is 15.7. The molecule has 0 saturated heterocycles. The molecule has 4 N–H and O–H groups in total. The topological polar surface area (TPSA) is 90.5 Å². The lowest BCUT2D eigenvalue weighted by Gasteiger charge is -2.12. The van der Waals surface area contributed by atoms with Crippen LogP contribution in [0.25, 0.3) is 0 Å². The molecular weight excluding hydrogens is 270 g/mol. The summed E-state index contributed by atoms with van der Waals surface area (Å²) in [4.78, 5) is 23.4. The third kappa shape index (κ3) is 6.37. The molecule has 21 heavy (non-hydrogen) atoms. The molecule has 1 rings (SSSR count). The minimum atomic E-state index is -0.248. The molecular formula is C15H23N3O3. The average Bonchev–Trinajstić information content (AvgIpc) is 2.45. The van der Waals surface area contributed by atoms with Crippen LogP contribution in [0.1, 0.15) is 30.6 Å². The molecule has 6 heteroatoms.